The summed E-state index contributed by atoms with van der Waals surface area (Å²) < 4.78 is 1.07. The molecule has 8 nitrogen and oxygen atoms in total. The van der Waals surface area contributed by atoms with Gasteiger partial charge in [0.25, 0.3) is 0 Å². The molecular formula is C140H111BrN8. The van der Waals surface area contributed by atoms with Crippen molar-refractivity contribution in [1.82, 2.24) is 19.9 Å². The minimum absolute atomic E-state index is 0. The Bertz CT molecular complexity index is 8430. The number of fused-ring (bicyclic) bond motifs is 8. The Morgan fingerprint density at radius 3 is 0.839 bits per heavy atom. The minimum Gasteiger partial charge on any atom is -0.355 e. The van der Waals surface area contributed by atoms with E-state index >= 15 is 0 Å². The molecule has 0 bridgehead atoms. The smallest absolute Gasteiger partial charge is 0.126 e. The van der Waals surface area contributed by atoms with Gasteiger partial charge < -0.3 is 20.0 Å². The average Bonchev–Trinajstić information content (AvgIpc) is 0.695. The van der Waals surface area contributed by atoms with Gasteiger partial charge >= 0.3 is 0 Å². The maximum atomic E-state index is 5.00. The van der Waals surface area contributed by atoms with E-state index in [2.05, 4.69) is 559 Å². The zero-order valence-electron chi connectivity index (χ0n) is 84.0. The van der Waals surface area contributed by atoms with E-state index in [0.717, 1.165) is 106 Å². The van der Waals surface area contributed by atoms with Gasteiger partial charge in [0.1, 0.15) is 11.6 Å². The van der Waals surface area contributed by atoms with Crippen molar-refractivity contribution in [2.75, 3.05) is 20.0 Å². The second-order valence-electron chi connectivity index (χ2n) is 39.3. The first-order valence-corrected chi connectivity index (χ1v) is 52.3. The molecule has 0 radical (unpaired) electrons. The van der Waals surface area contributed by atoms with E-state index in [4.69, 9.17) is 9.97 Å². The number of nitrogens with zero attached hydrogens (tertiary/aromatic N) is 7. The maximum absolute atomic E-state index is 5.00. The molecule has 9 heteroatoms. The maximum Gasteiger partial charge on any atom is 0.126 e. The van der Waals surface area contributed by atoms with Crippen LogP contribution in [0.4, 0.5) is 62.6 Å². The highest BCUT2D eigenvalue weighted by atomic mass is 79.9. The Kier molecular flexibility index (Phi) is 25.3. The first-order chi connectivity index (χ1) is 73.3. The van der Waals surface area contributed by atoms with Gasteiger partial charge in [0.15, 0.2) is 0 Å². The monoisotopic (exact) mass is 1980 g/mol. The van der Waals surface area contributed by atoms with Gasteiger partial charge in [-0.2, -0.15) is 0 Å². The number of hydrogen-bond donors (Lipinski definition) is 1. The third-order valence-corrected chi connectivity index (χ3v) is 31.1. The van der Waals surface area contributed by atoms with E-state index in [1.165, 1.54) is 129 Å². The highest BCUT2D eigenvalue weighted by molar-refractivity contribution is 9.10. The van der Waals surface area contributed by atoms with Gasteiger partial charge in [-0.1, -0.05) is 452 Å². The summed E-state index contributed by atoms with van der Waals surface area (Å²) >= 11 is 3.47. The molecule has 22 aromatic rings. The van der Waals surface area contributed by atoms with Gasteiger partial charge in [0.05, 0.1) is 45.0 Å². The summed E-state index contributed by atoms with van der Waals surface area (Å²) in [6.07, 6.45) is 0. The molecule has 4 aliphatic rings. The summed E-state index contributed by atoms with van der Waals surface area (Å²) in [5, 5.41) is 3.81. The number of rotatable bonds is 17. The van der Waals surface area contributed by atoms with E-state index in [0.29, 0.717) is 0 Å². The molecule has 2 atom stereocenters. The van der Waals surface area contributed by atoms with Crippen LogP contribution in [0.1, 0.15) is 148 Å². The molecule has 718 valence electrons. The second kappa shape index (κ2) is 40.3. The van der Waals surface area contributed by atoms with Crippen LogP contribution in [0.15, 0.2) is 526 Å². The Hall–Kier alpha value is -17.8. The van der Waals surface area contributed by atoms with Crippen LogP contribution in [-0.2, 0) is 10.8 Å². The summed E-state index contributed by atoms with van der Waals surface area (Å²) in [6.45, 7) is 12.5. The fourth-order valence-corrected chi connectivity index (χ4v) is 24.3. The van der Waals surface area contributed by atoms with Crippen molar-refractivity contribution in [3.8, 4) is 45.0 Å². The summed E-state index contributed by atoms with van der Waals surface area (Å²) in [4.78, 5) is 26.5. The topological polar surface area (TPSA) is 73.3 Å². The van der Waals surface area contributed by atoms with E-state index in [9.17, 15) is 0 Å². The molecule has 4 aliphatic heterocycles. The van der Waals surface area contributed by atoms with Crippen LogP contribution < -0.4 is 20.0 Å². The summed E-state index contributed by atoms with van der Waals surface area (Å²) in [5.74, 6) is 1.77. The number of para-hydroxylation sites is 8. The number of anilines is 11. The zero-order valence-corrected chi connectivity index (χ0v) is 85.6. The van der Waals surface area contributed by atoms with Crippen molar-refractivity contribution < 1.29 is 1.43 Å². The van der Waals surface area contributed by atoms with Crippen LogP contribution in [0, 0.1) is 41.5 Å². The first-order valence-electron chi connectivity index (χ1n) is 51.5. The van der Waals surface area contributed by atoms with Crippen LogP contribution in [0.2, 0.25) is 0 Å². The predicted octanol–water partition coefficient (Wildman–Crippen LogP) is 36.3. The molecule has 0 fully saturated rings. The fraction of sp³-hybridized carbons (Fsp3) is 0.0857. The molecule has 0 saturated heterocycles. The largest absolute Gasteiger partial charge is 0.355 e. The van der Waals surface area contributed by atoms with Crippen molar-refractivity contribution in [2.24, 2.45) is 0 Å². The van der Waals surface area contributed by atoms with Crippen LogP contribution in [0.5, 0.6) is 0 Å². The Labute approximate surface area is 883 Å². The number of hydrogen-bond acceptors (Lipinski definition) is 8. The molecule has 1 N–H and O–H groups in total. The molecule has 0 aliphatic carbocycles. The fourth-order valence-electron chi connectivity index (χ4n) is 24.1. The molecule has 2 aromatic heterocycles. The molecule has 0 spiro atoms. The quantitative estimate of drug-likeness (QED) is 0.0967. The summed E-state index contributed by atoms with van der Waals surface area (Å²) in [6, 6.07) is 191. The Morgan fingerprint density at radius 2 is 0.490 bits per heavy atom. The van der Waals surface area contributed by atoms with Crippen molar-refractivity contribution in [2.45, 2.75) is 76.0 Å². The molecule has 0 amide bonds. The van der Waals surface area contributed by atoms with Crippen LogP contribution in [0.3, 0.4) is 0 Å². The van der Waals surface area contributed by atoms with E-state index in [1.54, 1.807) is 0 Å². The molecule has 0 saturated carbocycles. The minimum atomic E-state index is -0.644. The lowest BCUT2D eigenvalue weighted by atomic mass is 9.62. The third-order valence-electron chi connectivity index (χ3n) is 30.5. The summed E-state index contributed by atoms with van der Waals surface area (Å²) in [7, 11) is 0. The van der Waals surface area contributed by atoms with E-state index in [-0.39, 0.29) is 25.1 Å². The number of aromatic nitrogens is 4. The second-order valence-corrected chi connectivity index (χ2v) is 40.3. The molecule has 2 unspecified atom stereocenters. The lowest BCUT2D eigenvalue weighted by molar-refractivity contribution is 0.683. The normalized spacial score (nSPS) is 13.6. The molecule has 26 rings (SSSR count). The van der Waals surface area contributed by atoms with Gasteiger partial charge in [-0.05, 0) is 228 Å². The van der Waals surface area contributed by atoms with Crippen LogP contribution in [0.25, 0.3) is 45.0 Å². The first kappa shape index (κ1) is 93.6. The van der Waals surface area contributed by atoms with Crippen LogP contribution >= 0.6 is 15.9 Å². The highest BCUT2D eigenvalue weighted by Gasteiger charge is 2.49. The SMILES string of the molecule is Cc1ccc2c(c1)C(c1ccccc1)(c1ccc(C(c3ccccc3)C3c4ccccc4N(c4ccccc4)c4ccccc43)cc1)c1cc(C)ccc1N2.Cc1nc(-c2ccccc2)c(C)c(-c2ccc(Br)cc2)n1.Cc1nc(-c2ccccc2)c(C)c(-c2ccc(N3c4ccccc4C(c4ccccc4)(c4ccc(C(c5ccccc5)C5c6ccccc6N(c6ccccc6)c6ccccc65)cc4)c4ccccc43)cc2)n1.[HH]. The Morgan fingerprint density at radius 1 is 0.235 bits per heavy atom. The highest BCUT2D eigenvalue weighted by Crippen LogP contribution is 2.63. The predicted molar refractivity (Wildman–Crippen MR) is 621 cm³/mol. The van der Waals surface area contributed by atoms with Crippen molar-refractivity contribution in [3.05, 3.63) is 649 Å². The van der Waals surface area contributed by atoms with E-state index < -0.39 is 10.8 Å². The lowest BCUT2D eigenvalue weighted by Gasteiger charge is -2.46. The molecular weight excluding hydrogens is 1870 g/mol. The molecule has 6 heterocycles. The number of halogens is 1. The number of nitrogens with one attached hydrogen (secondary N) is 1. The van der Waals surface area contributed by atoms with Crippen molar-refractivity contribution in [1.29, 1.82) is 0 Å². The number of benzene rings is 20. The van der Waals surface area contributed by atoms with Gasteiger partial charge in [0.2, 0.25) is 0 Å². The zero-order chi connectivity index (χ0) is 101. The number of aryl methyl sites for hydroxylation is 4. The Balaban J connectivity index is 0.000000140. The van der Waals surface area contributed by atoms with Crippen molar-refractivity contribution >= 4 is 78.5 Å². The third kappa shape index (κ3) is 17.1. The van der Waals surface area contributed by atoms with E-state index in [1.807, 2.05) is 50.2 Å². The molecule has 20 aromatic carbocycles. The van der Waals surface area contributed by atoms with Gasteiger partial charge in [0, 0.05) is 114 Å². The van der Waals surface area contributed by atoms with Crippen LogP contribution in [-0.4, -0.2) is 19.9 Å². The standard InChI is InChI=1S/C69H52N4.C53H42N2.C18H15BrN2.H2/c1-47-67(51-25-9-4-10-26-51)70-48(2)71-68(47)52-41-45-56(46-42-52)73-63-37-21-17-33-59(63)69(53-27-11-5-12-28-53,60-34-18-22-38-64(60)73)54-43-39-50(40-44-54)65(49-23-7-3-8-24-49)66-57-31-15-19-35-61(57)72(55-29-13-6-14-30-55)62-36-20-16-32-58(62)66;1-36-26-32-47-45(34-36)53(40-18-8-4-9-19-40,46-35-37(2)27-33-48(46)54-47)41-30-28-39(29-31-41)51(38-16-6-3-7-17-38)52-43-22-12-14-24-49(43)55(42-20-10-5-11-21-42)50-25-15-13-23-44(50)52;1-12-17(14-6-4-3-5-7-14)20-13(2)21-18(12)15-8-10-16(19)11-9-15;/h3-46,65-66H,1-2H3;3-35,51-52,54H,1-2H3;3-11H,1-2H3;1H. The summed E-state index contributed by atoms with van der Waals surface area (Å²) in [5.41, 5.74) is 45.1. The average molecular weight is 1990 g/mol. The van der Waals surface area contributed by atoms with Gasteiger partial charge in [-0.15, -0.1) is 0 Å². The molecule has 149 heavy (non-hydrogen) atoms. The van der Waals surface area contributed by atoms with Crippen molar-refractivity contribution in [3.63, 3.8) is 0 Å². The van der Waals surface area contributed by atoms with Gasteiger partial charge in [-0.25, -0.2) is 19.9 Å². The van der Waals surface area contributed by atoms with Gasteiger partial charge in [-0.3, -0.25) is 0 Å². The lowest BCUT2D eigenvalue weighted by Crippen LogP contribution is -2.37.